The molecule has 1 saturated heterocycles. The third-order valence-electron chi connectivity index (χ3n) is 2.26. The summed E-state index contributed by atoms with van der Waals surface area (Å²) in [4.78, 5) is 12.7. The number of para-hydroxylation sites is 1. The SMILES string of the molecule is O=CC1NCCN1c1ccccc1. The molecule has 1 fully saturated rings. The van der Waals surface area contributed by atoms with Gasteiger partial charge in [-0.1, -0.05) is 18.2 Å². The number of carbonyl (C=O) groups is 1. The number of anilines is 1. The molecule has 1 unspecified atom stereocenters. The fraction of sp³-hybridized carbons (Fsp3) is 0.300. The van der Waals surface area contributed by atoms with E-state index in [9.17, 15) is 4.79 Å². The molecule has 3 heteroatoms. The first-order valence-corrected chi connectivity index (χ1v) is 4.42. The largest absolute Gasteiger partial charge is 0.348 e. The molecule has 0 saturated carbocycles. The standard InChI is InChI=1S/C10H12N2O/c13-8-10-11-6-7-12(10)9-4-2-1-3-5-9/h1-5,8,10-11H,6-7H2. The van der Waals surface area contributed by atoms with Gasteiger partial charge in [0.1, 0.15) is 6.17 Å². The molecule has 1 aliphatic heterocycles. The minimum absolute atomic E-state index is 0.151. The van der Waals surface area contributed by atoms with Crippen LogP contribution in [0.3, 0.4) is 0 Å². The summed E-state index contributed by atoms with van der Waals surface area (Å²) >= 11 is 0. The molecule has 0 spiro atoms. The van der Waals surface area contributed by atoms with E-state index in [0.29, 0.717) is 0 Å². The van der Waals surface area contributed by atoms with Gasteiger partial charge in [0, 0.05) is 18.8 Å². The predicted molar refractivity (Wildman–Crippen MR) is 51.6 cm³/mol. The van der Waals surface area contributed by atoms with E-state index in [2.05, 4.69) is 10.2 Å². The fourth-order valence-electron chi connectivity index (χ4n) is 1.61. The topological polar surface area (TPSA) is 32.3 Å². The van der Waals surface area contributed by atoms with Gasteiger partial charge in [0.05, 0.1) is 0 Å². The predicted octanol–water partition coefficient (Wildman–Crippen LogP) is 0.621. The van der Waals surface area contributed by atoms with Crippen molar-refractivity contribution in [2.75, 3.05) is 18.0 Å². The molecule has 1 heterocycles. The highest BCUT2D eigenvalue weighted by Gasteiger charge is 2.22. The van der Waals surface area contributed by atoms with Crippen LogP contribution >= 0.6 is 0 Å². The van der Waals surface area contributed by atoms with Gasteiger partial charge in [0.15, 0.2) is 6.29 Å². The maximum Gasteiger partial charge on any atom is 0.157 e. The quantitative estimate of drug-likeness (QED) is 0.670. The lowest BCUT2D eigenvalue weighted by Crippen LogP contribution is -2.36. The second-order valence-corrected chi connectivity index (χ2v) is 3.06. The molecule has 1 atom stereocenters. The molecule has 1 aromatic rings. The number of aldehydes is 1. The van der Waals surface area contributed by atoms with E-state index in [1.165, 1.54) is 0 Å². The van der Waals surface area contributed by atoms with Crippen LogP contribution in [0.25, 0.3) is 0 Å². The number of rotatable bonds is 2. The molecule has 1 aliphatic rings. The van der Waals surface area contributed by atoms with Crippen LogP contribution in [0, 0.1) is 0 Å². The van der Waals surface area contributed by atoms with Gasteiger partial charge in [0.2, 0.25) is 0 Å². The summed E-state index contributed by atoms with van der Waals surface area (Å²) in [7, 11) is 0. The third kappa shape index (κ3) is 1.55. The second-order valence-electron chi connectivity index (χ2n) is 3.06. The van der Waals surface area contributed by atoms with Crippen LogP contribution in [-0.2, 0) is 4.79 Å². The van der Waals surface area contributed by atoms with Gasteiger partial charge < -0.3 is 4.90 Å². The number of carbonyl (C=O) groups excluding carboxylic acids is 1. The van der Waals surface area contributed by atoms with E-state index >= 15 is 0 Å². The van der Waals surface area contributed by atoms with Crippen LogP contribution in [-0.4, -0.2) is 25.5 Å². The Morgan fingerprint density at radius 1 is 1.38 bits per heavy atom. The number of benzene rings is 1. The van der Waals surface area contributed by atoms with Crippen molar-refractivity contribution in [1.29, 1.82) is 0 Å². The molecule has 0 radical (unpaired) electrons. The highest BCUT2D eigenvalue weighted by molar-refractivity contribution is 5.66. The zero-order valence-electron chi connectivity index (χ0n) is 7.31. The van der Waals surface area contributed by atoms with Gasteiger partial charge in [-0.3, -0.25) is 10.1 Å². The molecule has 2 rings (SSSR count). The van der Waals surface area contributed by atoms with Gasteiger partial charge >= 0.3 is 0 Å². The lowest BCUT2D eigenvalue weighted by Gasteiger charge is -2.21. The van der Waals surface area contributed by atoms with Crippen LogP contribution in [0.2, 0.25) is 0 Å². The van der Waals surface area contributed by atoms with Crippen molar-refractivity contribution in [2.45, 2.75) is 6.17 Å². The Kier molecular flexibility index (Phi) is 2.27. The lowest BCUT2D eigenvalue weighted by molar-refractivity contribution is -0.109. The van der Waals surface area contributed by atoms with Crippen molar-refractivity contribution in [2.24, 2.45) is 0 Å². The molecule has 0 aliphatic carbocycles. The molecule has 1 aromatic carbocycles. The highest BCUT2D eigenvalue weighted by Crippen LogP contribution is 2.16. The molecule has 0 amide bonds. The van der Waals surface area contributed by atoms with E-state index in [-0.39, 0.29) is 6.17 Å². The van der Waals surface area contributed by atoms with Crippen molar-refractivity contribution in [3.8, 4) is 0 Å². The first kappa shape index (κ1) is 8.26. The Bertz CT molecular complexity index is 286. The van der Waals surface area contributed by atoms with E-state index < -0.39 is 0 Å². The second kappa shape index (κ2) is 3.58. The molecule has 0 bridgehead atoms. The van der Waals surface area contributed by atoms with E-state index in [0.717, 1.165) is 25.1 Å². The Balaban J connectivity index is 2.21. The summed E-state index contributed by atoms with van der Waals surface area (Å²) in [5.41, 5.74) is 1.10. The third-order valence-corrected chi connectivity index (χ3v) is 2.26. The van der Waals surface area contributed by atoms with Crippen molar-refractivity contribution in [3.63, 3.8) is 0 Å². The van der Waals surface area contributed by atoms with Crippen molar-refractivity contribution in [1.82, 2.24) is 5.32 Å². The van der Waals surface area contributed by atoms with Crippen LogP contribution < -0.4 is 10.2 Å². The van der Waals surface area contributed by atoms with Gasteiger partial charge in [-0.2, -0.15) is 0 Å². The number of nitrogens with zero attached hydrogens (tertiary/aromatic N) is 1. The maximum absolute atomic E-state index is 10.7. The van der Waals surface area contributed by atoms with Crippen LogP contribution in [0.5, 0.6) is 0 Å². The van der Waals surface area contributed by atoms with Crippen molar-refractivity contribution < 1.29 is 4.79 Å². The number of nitrogens with one attached hydrogen (secondary N) is 1. The Hall–Kier alpha value is -1.35. The van der Waals surface area contributed by atoms with Crippen LogP contribution in [0.1, 0.15) is 0 Å². The molecular weight excluding hydrogens is 164 g/mol. The molecule has 1 N–H and O–H groups in total. The molecule has 3 nitrogen and oxygen atoms in total. The Morgan fingerprint density at radius 2 is 2.15 bits per heavy atom. The molecule has 13 heavy (non-hydrogen) atoms. The minimum Gasteiger partial charge on any atom is -0.348 e. The van der Waals surface area contributed by atoms with Gasteiger partial charge in [0.25, 0.3) is 0 Å². The van der Waals surface area contributed by atoms with Gasteiger partial charge in [-0.15, -0.1) is 0 Å². The Labute approximate surface area is 77.4 Å². The number of hydrogen-bond acceptors (Lipinski definition) is 3. The van der Waals surface area contributed by atoms with Crippen LogP contribution in [0.4, 0.5) is 5.69 Å². The maximum atomic E-state index is 10.7. The summed E-state index contributed by atoms with van der Waals surface area (Å²) in [6.45, 7) is 1.77. The first-order chi connectivity index (χ1) is 6.42. The smallest absolute Gasteiger partial charge is 0.157 e. The summed E-state index contributed by atoms with van der Waals surface area (Å²) in [6.07, 6.45) is 0.794. The van der Waals surface area contributed by atoms with Gasteiger partial charge in [-0.25, -0.2) is 0 Å². The van der Waals surface area contributed by atoms with Gasteiger partial charge in [-0.05, 0) is 12.1 Å². The average Bonchev–Trinajstić information content (AvgIpc) is 2.67. The Morgan fingerprint density at radius 3 is 2.85 bits per heavy atom. The molecule has 0 aromatic heterocycles. The average molecular weight is 176 g/mol. The molecule has 68 valence electrons. The van der Waals surface area contributed by atoms with Crippen molar-refractivity contribution >= 4 is 12.0 Å². The van der Waals surface area contributed by atoms with E-state index in [4.69, 9.17) is 0 Å². The lowest BCUT2D eigenvalue weighted by atomic mass is 10.3. The van der Waals surface area contributed by atoms with E-state index in [1.54, 1.807) is 0 Å². The van der Waals surface area contributed by atoms with Crippen molar-refractivity contribution in [3.05, 3.63) is 30.3 Å². The fourth-order valence-corrected chi connectivity index (χ4v) is 1.61. The summed E-state index contributed by atoms with van der Waals surface area (Å²) < 4.78 is 0. The normalized spacial score (nSPS) is 21.8. The summed E-state index contributed by atoms with van der Waals surface area (Å²) in [5.74, 6) is 0. The molecular formula is C10H12N2O. The zero-order valence-corrected chi connectivity index (χ0v) is 7.31. The highest BCUT2D eigenvalue weighted by atomic mass is 16.1. The first-order valence-electron chi connectivity index (χ1n) is 4.42. The van der Waals surface area contributed by atoms with Crippen LogP contribution in [0.15, 0.2) is 30.3 Å². The summed E-state index contributed by atoms with van der Waals surface area (Å²) in [5, 5.41) is 3.11. The monoisotopic (exact) mass is 176 g/mol. The minimum atomic E-state index is -0.151. The number of hydrogen-bond donors (Lipinski definition) is 1. The zero-order chi connectivity index (χ0) is 9.10. The summed E-state index contributed by atoms with van der Waals surface area (Å²) in [6, 6.07) is 9.97. The van der Waals surface area contributed by atoms with E-state index in [1.807, 2.05) is 30.3 Å².